The molecule has 0 saturated heterocycles. The maximum atomic E-state index is 10.3. The highest BCUT2D eigenvalue weighted by atomic mass is 16.6. The summed E-state index contributed by atoms with van der Waals surface area (Å²) in [5.74, 6) is -0.671. The maximum Gasteiger partial charge on any atom is 0.303 e. The molecule has 0 aromatic carbocycles. The van der Waals surface area contributed by atoms with Crippen LogP contribution in [0.4, 0.5) is 0 Å². The Kier molecular flexibility index (Phi) is 15.2. The van der Waals surface area contributed by atoms with Crippen molar-refractivity contribution in [3.63, 3.8) is 0 Å². The van der Waals surface area contributed by atoms with Gasteiger partial charge in [-0.15, -0.1) is 0 Å². The molecule has 0 aromatic rings. The number of carbonyl (C=O) groups is 1. The largest absolute Gasteiger partial charge is 0.481 e. The molecule has 0 atom stereocenters. The van der Waals surface area contributed by atoms with E-state index in [0.29, 0.717) is 6.42 Å². The molecule has 0 aliphatic heterocycles. The molecule has 0 spiro atoms. The van der Waals surface area contributed by atoms with E-state index in [1.165, 1.54) is 44.9 Å². The molecular weight excluding hydrogens is 250 g/mol. The van der Waals surface area contributed by atoms with Crippen molar-refractivity contribution in [3.8, 4) is 0 Å². The first-order valence-electron chi connectivity index (χ1n) is 8.29. The molecule has 116 valence electrons. The monoisotopic (exact) mass is 282 g/mol. The van der Waals surface area contributed by atoms with Crippen molar-refractivity contribution >= 4 is 5.97 Å². The van der Waals surface area contributed by atoms with Gasteiger partial charge in [0.15, 0.2) is 0 Å². The van der Waals surface area contributed by atoms with Crippen LogP contribution in [0.2, 0.25) is 0 Å². The van der Waals surface area contributed by atoms with Crippen LogP contribution in [-0.2, 0) is 4.79 Å². The third kappa shape index (κ3) is 16.9. The van der Waals surface area contributed by atoms with Gasteiger partial charge in [-0.05, 0) is 38.5 Å². The molecule has 0 aliphatic rings. The normalized spacial score (nSPS) is 11.7. The zero-order valence-corrected chi connectivity index (χ0v) is 13.2. The van der Waals surface area contributed by atoms with Gasteiger partial charge in [-0.25, -0.2) is 0 Å². The van der Waals surface area contributed by atoms with Crippen molar-refractivity contribution in [2.45, 2.75) is 84.0 Å². The van der Waals surface area contributed by atoms with Gasteiger partial charge in [-0.3, -0.25) is 4.79 Å². The highest BCUT2D eigenvalue weighted by molar-refractivity contribution is 5.66. The van der Waals surface area contributed by atoms with E-state index in [-0.39, 0.29) is 0 Å². The second-order valence-corrected chi connectivity index (χ2v) is 5.37. The zero-order chi connectivity index (χ0) is 14.9. The lowest BCUT2D eigenvalue weighted by atomic mass is 10.1. The quantitative estimate of drug-likeness (QED) is 0.319. The van der Waals surface area contributed by atoms with Crippen molar-refractivity contribution in [2.24, 2.45) is 0 Å². The first-order valence-corrected chi connectivity index (χ1v) is 8.29. The number of rotatable bonds is 14. The van der Waals surface area contributed by atoms with Crippen molar-refractivity contribution in [3.05, 3.63) is 24.3 Å². The third-order valence-electron chi connectivity index (χ3n) is 3.34. The first kappa shape index (κ1) is 18.9. The molecule has 0 rings (SSSR count). The number of carboxylic acids is 1. The molecular formula is C18H32O2. The summed E-state index contributed by atoms with van der Waals surface area (Å²) in [5.41, 5.74) is 0. The number of carboxylic acid groups (broad SMARTS) is 1. The highest BCUT2D eigenvalue weighted by Crippen LogP contribution is 2.08. The summed E-state index contributed by atoms with van der Waals surface area (Å²) < 4.78 is 0. The summed E-state index contributed by atoms with van der Waals surface area (Å²) in [4.78, 5) is 10.3. The van der Waals surface area contributed by atoms with E-state index in [1.54, 1.807) is 0 Å². The summed E-state index contributed by atoms with van der Waals surface area (Å²) >= 11 is 0. The molecule has 0 heterocycles. The van der Waals surface area contributed by atoms with E-state index >= 15 is 0 Å². The molecule has 0 bridgehead atoms. The number of hydrogen-bond donors (Lipinski definition) is 1. The standard InChI is InChI=1S/C18H32O2/c1-2-3-4-5-6-7-8-9-10-11-12-13-14-15-16-17-18(19)20/h6-7,9-10H,2-5,8,11-17H2,1H3,(H,19,20)/b7-6-,10-9+/i18+2. The summed E-state index contributed by atoms with van der Waals surface area (Å²) in [6.45, 7) is 2.23. The SMILES string of the molecule is CCCCC/C=C\C/C=C/CCCCCCC[14C](=O)O. The van der Waals surface area contributed by atoms with Crippen LogP contribution in [0.3, 0.4) is 0 Å². The first-order chi connectivity index (χ1) is 9.77. The highest BCUT2D eigenvalue weighted by Gasteiger charge is 1.95. The smallest absolute Gasteiger partial charge is 0.303 e. The molecule has 0 saturated carbocycles. The van der Waals surface area contributed by atoms with Crippen LogP contribution in [0.5, 0.6) is 0 Å². The van der Waals surface area contributed by atoms with Gasteiger partial charge in [0.2, 0.25) is 0 Å². The van der Waals surface area contributed by atoms with Crippen LogP contribution >= 0.6 is 0 Å². The van der Waals surface area contributed by atoms with Gasteiger partial charge in [-0.2, -0.15) is 0 Å². The molecule has 20 heavy (non-hydrogen) atoms. The number of unbranched alkanes of at least 4 members (excludes halogenated alkanes) is 8. The molecule has 0 amide bonds. The summed E-state index contributed by atoms with van der Waals surface area (Å²) in [6, 6.07) is 0. The summed E-state index contributed by atoms with van der Waals surface area (Å²) in [7, 11) is 0. The van der Waals surface area contributed by atoms with Crippen LogP contribution in [0.15, 0.2) is 24.3 Å². The Balaban J connectivity index is 3.17. The second kappa shape index (κ2) is 16.0. The average molecular weight is 282 g/mol. The molecule has 0 aliphatic carbocycles. The van der Waals surface area contributed by atoms with E-state index in [2.05, 4.69) is 31.2 Å². The van der Waals surface area contributed by atoms with E-state index in [1.807, 2.05) is 0 Å². The van der Waals surface area contributed by atoms with Gasteiger partial charge in [0, 0.05) is 6.42 Å². The maximum absolute atomic E-state index is 10.3. The number of aliphatic carboxylic acids is 1. The van der Waals surface area contributed by atoms with Crippen LogP contribution in [0, 0.1) is 0 Å². The summed E-state index contributed by atoms with van der Waals surface area (Å²) in [5, 5.41) is 8.50. The predicted molar refractivity (Wildman–Crippen MR) is 87.0 cm³/mol. The van der Waals surface area contributed by atoms with E-state index in [4.69, 9.17) is 5.11 Å². The fourth-order valence-corrected chi connectivity index (χ4v) is 2.09. The Morgan fingerprint density at radius 3 is 1.95 bits per heavy atom. The van der Waals surface area contributed by atoms with Crippen molar-refractivity contribution in [2.75, 3.05) is 0 Å². The Morgan fingerprint density at radius 1 is 0.800 bits per heavy atom. The minimum atomic E-state index is -0.671. The van der Waals surface area contributed by atoms with Gasteiger partial charge in [0.05, 0.1) is 0 Å². The number of hydrogen-bond acceptors (Lipinski definition) is 1. The third-order valence-corrected chi connectivity index (χ3v) is 3.34. The lowest BCUT2D eigenvalue weighted by Crippen LogP contribution is -1.93. The van der Waals surface area contributed by atoms with Crippen LogP contribution < -0.4 is 0 Å². The van der Waals surface area contributed by atoms with Gasteiger partial charge in [-0.1, -0.05) is 63.3 Å². The zero-order valence-electron chi connectivity index (χ0n) is 13.2. The lowest BCUT2D eigenvalue weighted by Gasteiger charge is -1.98. The van der Waals surface area contributed by atoms with Gasteiger partial charge >= 0.3 is 5.97 Å². The molecule has 2 heteroatoms. The predicted octanol–water partition coefficient (Wildman–Crippen LogP) is 5.88. The Labute approximate surface area is 125 Å². The minimum absolute atomic E-state index is 0.324. The lowest BCUT2D eigenvalue weighted by molar-refractivity contribution is -0.137. The van der Waals surface area contributed by atoms with E-state index in [0.717, 1.165) is 25.7 Å². The summed E-state index contributed by atoms with van der Waals surface area (Å²) in [6.07, 6.45) is 22.3. The van der Waals surface area contributed by atoms with Crippen molar-refractivity contribution in [1.82, 2.24) is 0 Å². The van der Waals surface area contributed by atoms with Gasteiger partial charge in [0.1, 0.15) is 0 Å². The van der Waals surface area contributed by atoms with Gasteiger partial charge < -0.3 is 5.11 Å². The molecule has 0 unspecified atom stereocenters. The Bertz CT molecular complexity index is 267. The molecule has 2 nitrogen and oxygen atoms in total. The fourth-order valence-electron chi connectivity index (χ4n) is 2.09. The minimum Gasteiger partial charge on any atom is -0.481 e. The number of allylic oxidation sites excluding steroid dienone is 4. The van der Waals surface area contributed by atoms with E-state index in [9.17, 15) is 4.79 Å². The Morgan fingerprint density at radius 2 is 1.35 bits per heavy atom. The molecule has 0 radical (unpaired) electrons. The average Bonchev–Trinajstić information content (AvgIpc) is 2.43. The molecule has 0 aromatic heterocycles. The molecule has 0 fully saturated rings. The van der Waals surface area contributed by atoms with Crippen molar-refractivity contribution in [1.29, 1.82) is 0 Å². The molecule has 1 N–H and O–H groups in total. The Hall–Kier alpha value is -1.05. The van der Waals surface area contributed by atoms with E-state index < -0.39 is 5.97 Å². The van der Waals surface area contributed by atoms with Crippen LogP contribution in [0.25, 0.3) is 0 Å². The van der Waals surface area contributed by atoms with Crippen molar-refractivity contribution < 1.29 is 9.90 Å². The topological polar surface area (TPSA) is 37.3 Å². The van der Waals surface area contributed by atoms with Crippen LogP contribution in [-0.4, -0.2) is 11.1 Å². The van der Waals surface area contributed by atoms with Gasteiger partial charge in [0.25, 0.3) is 0 Å². The van der Waals surface area contributed by atoms with Crippen LogP contribution in [0.1, 0.15) is 84.0 Å². The fraction of sp³-hybridized carbons (Fsp3) is 0.722. The second-order valence-electron chi connectivity index (χ2n) is 5.37.